The van der Waals surface area contributed by atoms with E-state index in [2.05, 4.69) is 48.2 Å². The monoisotopic (exact) mass is 460 g/mol. The van der Waals surface area contributed by atoms with Crippen LogP contribution in [0.5, 0.6) is 11.5 Å². The molecular weight excluding hydrogens is 434 g/mol. The summed E-state index contributed by atoms with van der Waals surface area (Å²) < 4.78 is 38.8. The predicted octanol–water partition coefficient (Wildman–Crippen LogP) is 5.70. The molecule has 170 valence electrons. The molecular formula is C23H26F2N4O2S. The van der Waals surface area contributed by atoms with E-state index < -0.39 is 12.2 Å². The number of hydrogen-bond acceptors (Lipinski definition) is 6. The average Bonchev–Trinajstić information content (AvgIpc) is 3.19. The van der Waals surface area contributed by atoms with Crippen molar-refractivity contribution in [2.45, 2.75) is 44.4 Å². The van der Waals surface area contributed by atoms with E-state index in [4.69, 9.17) is 9.47 Å². The summed E-state index contributed by atoms with van der Waals surface area (Å²) in [6, 6.07) is 13.4. The maximum absolute atomic E-state index is 13.2. The lowest BCUT2D eigenvalue weighted by Crippen LogP contribution is -2.10. The van der Waals surface area contributed by atoms with Gasteiger partial charge in [-0.2, -0.15) is 9.78 Å². The van der Waals surface area contributed by atoms with E-state index in [1.165, 1.54) is 23.5 Å². The summed E-state index contributed by atoms with van der Waals surface area (Å²) in [5.74, 6) is 0.909. The third kappa shape index (κ3) is 5.64. The van der Waals surface area contributed by atoms with Crippen LogP contribution in [0.3, 0.4) is 0 Å². The molecule has 0 aliphatic carbocycles. The fraction of sp³-hybridized carbons (Fsp3) is 0.348. The number of ether oxygens (including phenoxy) is 2. The molecule has 9 heteroatoms. The normalized spacial score (nSPS) is 12.0. The summed E-state index contributed by atoms with van der Waals surface area (Å²) >= 11 is 1.19. The first kappa shape index (κ1) is 23.7. The van der Waals surface area contributed by atoms with Crippen molar-refractivity contribution < 1.29 is 18.3 Å². The van der Waals surface area contributed by atoms with E-state index >= 15 is 0 Å². The number of rotatable bonds is 8. The quantitative estimate of drug-likeness (QED) is 0.319. The number of benzene rings is 2. The van der Waals surface area contributed by atoms with Gasteiger partial charge in [0.1, 0.15) is 18.1 Å². The zero-order chi connectivity index (χ0) is 23.3. The van der Waals surface area contributed by atoms with Gasteiger partial charge in [-0.3, -0.25) is 0 Å². The van der Waals surface area contributed by atoms with Crippen molar-refractivity contribution in [2.24, 2.45) is 5.10 Å². The van der Waals surface area contributed by atoms with E-state index in [0.29, 0.717) is 11.3 Å². The van der Waals surface area contributed by atoms with E-state index in [0.717, 1.165) is 16.0 Å². The number of hydrogen-bond donors (Lipinski definition) is 0. The van der Waals surface area contributed by atoms with Crippen LogP contribution in [0.25, 0.3) is 0 Å². The first-order chi connectivity index (χ1) is 15.2. The highest BCUT2D eigenvalue weighted by atomic mass is 32.2. The second-order valence-corrected chi connectivity index (χ2v) is 8.81. The molecule has 0 saturated carbocycles. The van der Waals surface area contributed by atoms with Crippen LogP contribution >= 0.6 is 11.8 Å². The Morgan fingerprint density at radius 1 is 1.12 bits per heavy atom. The highest BCUT2D eigenvalue weighted by Crippen LogP contribution is 2.26. The number of nitrogens with zero attached hydrogens (tertiary/aromatic N) is 4. The van der Waals surface area contributed by atoms with Gasteiger partial charge in [0, 0.05) is 5.56 Å². The zero-order valence-electron chi connectivity index (χ0n) is 18.7. The van der Waals surface area contributed by atoms with Crippen molar-refractivity contribution in [3.05, 3.63) is 65.0 Å². The maximum Gasteiger partial charge on any atom is 0.299 e. The van der Waals surface area contributed by atoms with Crippen molar-refractivity contribution in [1.29, 1.82) is 0 Å². The van der Waals surface area contributed by atoms with Crippen LogP contribution in [0.1, 0.15) is 49.7 Å². The zero-order valence-corrected chi connectivity index (χ0v) is 19.5. The van der Waals surface area contributed by atoms with Crippen molar-refractivity contribution in [3.8, 4) is 11.5 Å². The number of thioether (sulfide) groups is 1. The van der Waals surface area contributed by atoms with E-state index in [1.807, 2.05) is 18.2 Å². The molecule has 0 unspecified atom stereocenters. The molecule has 0 amide bonds. The van der Waals surface area contributed by atoms with Crippen LogP contribution in [-0.4, -0.2) is 34.5 Å². The molecule has 1 heterocycles. The Balaban J connectivity index is 1.79. The topological polar surface area (TPSA) is 61.5 Å². The highest BCUT2D eigenvalue weighted by Gasteiger charge is 2.19. The summed E-state index contributed by atoms with van der Waals surface area (Å²) in [7, 11) is 1.58. The van der Waals surface area contributed by atoms with Crippen molar-refractivity contribution in [2.75, 3.05) is 13.4 Å². The summed E-state index contributed by atoms with van der Waals surface area (Å²) in [5.41, 5.74) is 2.80. The smallest absolute Gasteiger partial charge is 0.299 e. The van der Waals surface area contributed by atoms with Crippen LogP contribution in [-0.2, 0) is 12.0 Å². The Morgan fingerprint density at radius 2 is 1.84 bits per heavy atom. The Kier molecular flexibility index (Phi) is 7.50. The first-order valence-corrected chi connectivity index (χ1v) is 11.2. The molecule has 0 radical (unpaired) electrons. The number of alkyl halides is 2. The molecule has 0 bridgehead atoms. The molecule has 32 heavy (non-hydrogen) atoms. The lowest BCUT2D eigenvalue weighted by Gasteiger charge is -2.19. The predicted molar refractivity (Wildman–Crippen MR) is 122 cm³/mol. The third-order valence-corrected chi connectivity index (χ3v) is 5.38. The molecule has 6 nitrogen and oxygen atoms in total. The van der Waals surface area contributed by atoms with Crippen molar-refractivity contribution >= 4 is 18.0 Å². The van der Waals surface area contributed by atoms with E-state index in [9.17, 15) is 8.78 Å². The van der Waals surface area contributed by atoms with Crippen LogP contribution < -0.4 is 9.47 Å². The van der Waals surface area contributed by atoms with Gasteiger partial charge in [0.2, 0.25) is 11.0 Å². The van der Waals surface area contributed by atoms with Crippen LogP contribution in [0, 0.1) is 0 Å². The molecule has 1 aromatic heterocycles. The molecule has 0 atom stereocenters. The third-order valence-electron chi connectivity index (χ3n) is 4.76. The van der Waals surface area contributed by atoms with Gasteiger partial charge in [-0.1, -0.05) is 44.7 Å². The average molecular weight is 461 g/mol. The fourth-order valence-corrected chi connectivity index (χ4v) is 3.41. The van der Waals surface area contributed by atoms with Crippen LogP contribution in [0.15, 0.2) is 52.7 Å². The van der Waals surface area contributed by atoms with Gasteiger partial charge in [-0.25, -0.2) is 8.78 Å². The molecule has 3 aromatic rings. The summed E-state index contributed by atoms with van der Waals surface area (Å²) in [6.45, 7) is 6.76. The van der Waals surface area contributed by atoms with Gasteiger partial charge >= 0.3 is 0 Å². The number of methoxy groups -OCH3 is 1. The van der Waals surface area contributed by atoms with Crippen LogP contribution in [0.4, 0.5) is 8.78 Å². The SMILES string of the molecule is COc1ccc(/C=N/n2c(SC)nnc2C(F)F)cc1COc1ccc(C(C)(C)C)cc1. The minimum atomic E-state index is -2.77. The summed E-state index contributed by atoms with van der Waals surface area (Å²) in [6.07, 6.45) is 0.433. The van der Waals surface area contributed by atoms with Gasteiger partial charge < -0.3 is 9.47 Å². The molecule has 0 aliphatic rings. The maximum atomic E-state index is 13.2. The Labute approximate surface area is 190 Å². The fourth-order valence-electron chi connectivity index (χ4n) is 2.98. The Hall–Kier alpha value is -2.94. The second-order valence-electron chi connectivity index (χ2n) is 8.04. The molecule has 0 saturated heterocycles. The van der Waals surface area contributed by atoms with Crippen molar-refractivity contribution in [1.82, 2.24) is 14.9 Å². The molecule has 3 rings (SSSR count). The van der Waals surface area contributed by atoms with Gasteiger partial charge in [-0.05, 0) is 53.1 Å². The number of halogens is 2. The standard InChI is InChI=1S/C23H26F2N4O2S/c1-23(2,3)17-7-9-18(10-8-17)31-14-16-12-15(6-11-19(16)30-4)13-26-29-21(20(24)25)27-28-22(29)32-5/h6-13,20H,14H2,1-5H3/b26-13+. The summed E-state index contributed by atoms with van der Waals surface area (Å²) in [5, 5.41) is 11.7. The molecule has 0 spiro atoms. The van der Waals surface area contributed by atoms with Gasteiger partial charge in [-0.15, -0.1) is 10.2 Å². The molecule has 0 fully saturated rings. The molecule has 2 aromatic carbocycles. The lowest BCUT2D eigenvalue weighted by atomic mass is 9.87. The van der Waals surface area contributed by atoms with Crippen LogP contribution in [0.2, 0.25) is 0 Å². The largest absolute Gasteiger partial charge is 0.496 e. The molecule has 0 aliphatic heterocycles. The van der Waals surface area contributed by atoms with E-state index in [1.54, 1.807) is 25.5 Å². The Morgan fingerprint density at radius 3 is 2.44 bits per heavy atom. The second kappa shape index (κ2) is 10.1. The summed E-state index contributed by atoms with van der Waals surface area (Å²) in [4.78, 5) is 0. The minimum absolute atomic E-state index is 0.0699. The molecule has 0 N–H and O–H groups in total. The number of aromatic nitrogens is 3. The lowest BCUT2D eigenvalue weighted by molar-refractivity contribution is 0.135. The van der Waals surface area contributed by atoms with E-state index in [-0.39, 0.29) is 17.2 Å². The first-order valence-electron chi connectivity index (χ1n) is 9.95. The van der Waals surface area contributed by atoms with Crippen molar-refractivity contribution in [3.63, 3.8) is 0 Å². The minimum Gasteiger partial charge on any atom is -0.496 e. The Bertz CT molecular complexity index is 1080. The van der Waals surface area contributed by atoms with Gasteiger partial charge in [0.25, 0.3) is 6.43 Å². The van der Waals surface area contributed by atoms with Gasteiger partial charge in [0.05, 0.1) is 13.3 Å². The highest BCUT2D eigenvalue weighted by molar-refractivity contribution is 7.98. The van der Waals surface area contributed by atoms with Gasteiger partial charge in [0.15, 0.2) is 0 Å².